The van der Waals surface area contributed by atoms with E-state index in [0.717, 1.165) is 0 Å². The minimum Gasteiger partial charge on any atom is -0.371 e. The van der Waals surface area contributed by atoms with Gasteiger partial charge >= 0.3 is 0 Å². The summed E-state index contributed by atoms with van der Waals surface area (Å²) in [4.78, 5) is 18.2. The maximum atomic E-state index is 12.9. The Morgan fingerprint density at radius 1 is 1.35 bits per heavy atom. The zero-order valence-corrected chi connectivity index (χ0v) is 12.8. The number of anilines is 1. The van der Waals surface area contributed by atoms with Crippen LogP contribution in [0.25, 0.3) is 6.08 Å². The van der Waals surface area contributed by atoms with Gasteiger partial charge in [0.15, 0.2) is 0 Å². The van der Waals surface area contributed by atoms with Crippen LogP contribution < -0.4 is 5.32 Å². The zero-order chi connectivity index (χ0) is 16.6. The molecule has 0 atom stereocenters. The molecule has 0 unspecified atom stereocenters. The van der Waals surface area contributed by atoms with E-state index in [2.05, 4.69) is 10.3 Å². The van der Waals surface area contributed by atoms with Crippen LogP contribution in [0.1, 0.15) is 30.2 Å². The molecule has 0 aliphatic carbocycles. The number of amides is 1. The van der Waals surface area contributed by atoms with Gasteiger partial charge in [-0.25, -0.2) is 9.37 Å². The first-order valence-corrected chi connectivity index (χ1v) is 7.14. The molecular formula is C16H17FN4O2. The number of aliphatic hydroxyl groups is 1. The Balaban J connectivity index is 1.76. The van der Waals surface area contributed by atoms with Gasteiger partial charge in [-0.2, -0.15) is 0 Å². The van der Waals surface area contributed by atoms with E-state index in [4.69, 9.17) is 0 Å². The second-order valence-electron chi connectivity index (χ2n) is 5.84. The number of rotatable bonds is 3. The predicted octanol–water partition coefficient (Wildman–Crippen LogP) is 2.25. The number of carbonyl (C=O) groups excluding carboxylic acids is 1. The van der Waals surface area contributed by atoms with Crippen LogP contribution in [-0.2, 0) is 6.67 Å². The highest BCUT2D eigenvalue weighted by Gasteiger charge is 2.25. The van der Waals surface area contributed by atoms with Crippen molar-refractivity contribution in [3.05, 3.63) is 54.0 Å². The number of fused-ring (bicyclic) bond motifs is 1. The fourth-order valence-electron chi connectivity index (χ4n) is 2.24. The highest BCUT2D eigenvalue weighted by Crippen LogP contribution is 2.20. The van der Waals surface area contributed by atoms with E-state index >= 15 is 0 Å². The van der Waals surface area contributed by atoms with Gasteiger partial charge in [0.25, 0.3) is 5.91 Å². The zero-order valence-electron chi connectivity index (χ0n) is 12.8. The normalized spacial score (nSPS) is 13.8. The van der Waals surface area contributed by atoms with Crippen LogP contribution in [0.15, 0.2) is 36.7 Å². The van der Waals surface area contributed by atoms with E-state index < -0.39 is 5.72 Å². The fourth-order valence-corrected chi connectivity index (χ4v) is 2.24. The molecule has 2 N–H and O–H groups in total. The second kappa shape index (κ2) is 5.51. The summed E-state index contributed by atoms with van der Waals surface area (Å²) in [5, 5.41) is 12.7. The van der Waals surface area contributed by atoms with Gasteiger partial charge in [-0.1, -0.05) is 0 Å². The first kappa shape index (κ1) is 15.2. The van der Waals surface area contributed by atoms with E-state index in [-0.39, 0.29) is 17.4 Å². The Kier molecular flexibility index (Phi) is 3.65. The largest absolute Gasteiger partial charge is 0.371 e. The molecule has 1 aromatic carbocycles. The molecule has 120 valence electrons. The molecule has 1 aliphatic heterocycles. The average molecular weight is 316 g/mol. The number of hydrogen-bond acceptors (Lipinski definition) is 4. The summed E-state index contributed by atoms with van der Waals surface area (Å²) in [7, 11) is 0. The van der Waals surface area contributed by atoms with E-state index in [0.29, 0.717) is 18.2 Å². The number of benzene rings is 1. The molecule has 2 heterocycles. The van der Waals surface area contributed by atoms with Crippen LogP contribution in [-0.4, -0.2) is 31.2 Å². The van der Waals surface area contributed by atoms with Crippen molar-refractivity contribution in [1.29, 1.82) is 0 Å². The number of nitrogens with one attached hydrogen (secondary N) is 1. The third-order valence-electron chi connectivity index (χ3n) is 3.55. The van der Waals surface area contributed by atoms with Gasteiger partial charge in [0.05, 0.1) is 6.67 Å². The van der Waals surface area contributed by atoms with Crippen LogP contribution >= 0.6 is 0 Å². The van der Waals surface area contributed by atoms with Gasteiger partial charge in [-0.3, -0.25) is 4.79 Å². The summed E-state index contributed by atoms with van der Waals surface area (Å²) < 4.78 is 14.6. The maximum Gasteiger partial charge on any atom is 0.275 e. The van der Waals surface area contributed by atoms with Crippen LogP contribution in [0.3, 0.4) is 0 Å². The van der Waals surface area contributed by atoms with Crippen LogP contribution in [0, 0.1) is 5.82 Å². The molecule has 1 amide bonds. The van der Waals surface area contributed by atoms with Crippen molar-refractivity contribution in [2.24, 2.45) is 0 Å². The highest BCUT2D eigenvalue weighted by molar-refractivity contribution is 6.02. The van der Waals surface area contributed by atoms with Gasteiger partial charge in [-0.05, 0) is 44.2 Å². The fraction of sp³-hybridized carbons (Fsp3) is 0.250. The smallest absolute Gasteiger partial charge is 0.275 e. The molecule has 23 heavy (non-hydrogen) atoms. The minimum absolute atomic E-state index is 0.256. The van der Waals surface area contributed by atoms with E-state index in [1.807, 2.05) is 0 Å². The van der Waals surface area contributed by atoms with Gasteiger partial charge in [0, 0.05) is 18.1 Å². The first-order valence-electron chi connectivity index (χ1n) is 7.14. The van der Waals surface area contributed by atoms with Gasteiger partial charge in [0.2, 0.25) is 0 Å². The molecule has 3 rings (SSSR count). The van der Waals surface area contributed by atoms with Crippen molar-refractivity contribution in [2.45, 2.75) is 26.2 Å². The lowest BCUT2D eigenvalue weighted by molar-refractivity contribution is -0.0658. The van der Waals surface area contributed by atoms with Crippen molar-refractivity contribution in [2.75, 3.05) is 5.32 Å². The molecule has 0 fully saturated rings. The molecule has 6 nitrogen and oxygen atoms in total. The van der Waals surface area contributed by atoms with Gasteiger partial charge < -0.3 is 19.9 Å². The number of halogens is 1. The molecule has 1 aromatic heterocycles. The lowest BCUT2D eigenvalue weighted by Gasteiger charge is -2.35. The number of aromatic nitrogens is 2. The number of hydrogen-bond donors (Lipinski definition) is 2. The predicted molar refractivity (Wildman–Crippen MR) is 83.8 cm³/mol. The van der Waals surface area contributed by atoms with Crippen molar-refractivity contribution in [1.82, 2.24) is 14.5 Å². The lowest BCUT2D eigenvalue weighted by Crippen LogP contribution is -2.42. The van der Waals surface area contributed by atoms with Crippen molar-refractivity contribution in [3.63, 3.8) is 0 Å². The molecular weight excluding hydrogens is 299 g/mol. The molecule has 0 spiro atoms. The third-order valence-corrected chi connectivity index (χ3v) is 3.55. The Morgan fingerprint density at radius 3 is 2.70 bits per heavy atom. The number of carbonyl (C=O) groups is 1. The summed E-state index contributed by atoms with van der Waals surface area (Å²) in [6.07, 6.45) is 5.09. The Morgan fingerprint density at radius 2 is 2.04 bits per heavy atom. The van der Waals surface area contributed by atoms with Crippen molar-refractivity contribution >= 4 is 17.7 Å². The molecule has 1 aliphatic rings. The molecule has 7 heteroatoms. The summed E-state index contributed by atoms with van der Waals surface area (Å²) in [6, 6.07) is 5.52. The van der Waals surface area contributed by atoms with Crippen LogP contribution in [0.5, 0.6) is 0 Å². The lowest BCUT2D eigenvalue weighted by atomic mass is 10.2. The quantitative estimate of drug-likeness (QED) is 0.911. The second-order valence-corrected chi connectivity index (χ2v) is 5.84. The van der Waals surface area contributed by atoms with E-state index in [1.165, 1.54) is 24.3 Å². The molecule has 2 aromatic rings. The SMILES string of the molecule is CC(C)(O)N1C=Cc2nc(C(=O)Nc3ccc(F)cc3)cn2C1. The third kappa shape index (κ3) is 3.24. The Hall–Kier alpha value is -2.67. The first-order chi connectivity index (χ1) is 10.8. The summed E-state index contributed by atoms with van der Waals surface area (Å²) in [6.45, 7) is 3.76. The van der Waals surface area contributed by atoms with Crippen LogP contribution in [0.2, 0.25) is 0 Å². The highest BCUT2D eigenvalue weighted by atomic mass is 19.1. The van der Waals surface area contributed by atoms with Gasteiger partial charge in [-0.15, -0.1) is 0 Å². The minimum atomic E-state index is -1.00. The molecule has 0 radical (unpaired) electrons. The Bertz CT molecular complexity index is 759. The monoisotopic (exact) mass is 316 g/mol. The molecule has 0 saturated carbocycles. The van der Waals surface area contributed by atoms with Crippen molar-refractivity contribution < 1.29 is 14.3 Å². The Labute approximate surface area is 132 Å². The molecule has 0 saturated heterocycles. The van der Waals surface area contributed by atoms with Crippen molar-refractivity contribution in [3.8, 4) is 0 Å². The van der Waals surface area contributed by atoms with Gasteiger partial charge in [0.1, 0.15) is 23.1 Å². The summed E-state index contributed by atoms with van der Waals surface area (Å²) in [5.74, 6) is -0.103. The average Bonchev–Trinajstić information content (AvgIpc) is 2.92. The summed E-state index contributed by atoms with van der Waals surface area (Å²) >= 11 is 0. The van der Waals surface area contributed by atoms with E-state index in [1.54, 1.807) is 41.8 Å². The number of nitrogens with zero attached hydrogens (tertiary/aromatic N) is 3. The molecule has 0 bridgehead atoms. The maximum absolute atomic E-state index is 12.9. The van der Waals surface area contributed by atoms with E-state index in [9.17, 15) is 14.3 Å². The number of imidazole rings is 1. The standard InChI is InChI=1S/C16H17FN4O2/c1-16(2,23)21-8-7-14-19-13(9-20(14)10-21)15(22)18-12-5-3-11(17)4-6-12/h3-9,23H,10H2,1-2H3,(H,18,22). The van der Waals surface area contributed by atoms with Crippen LogP contribution in [0.4, 0.5) is 10.1 Å². The summed E-state index contributed by atoms with van der Waals surface area (Å²) in [5.41, 5.74) is -0.253. The topological polar surface area (TPSA) is 70.4 Å².